The fourth-order valence-electron chi connectivity index (χ4n) is 3.90. The maximum absolute atomic E-state index is 12.4. The molecule has 0 radical (unpaired) electrons. The maximum Gasteiger partial charge on any atom is 0.258 e. The number of aryl methyl sites for hydroxylation is 1. The molecule has 2 aromatic heterocycles. The highest BCUT2D eigenvalue weighted by Crippen LogP contribution is 2.29. The lowest BCUT2D eigenvalue weighted by Crippen LogP contribution is -2.20. The Morgan fingerprint density at radius 2 is 2.00 bits per heavy atom. The van der Waals surface area contributed by atoms with Gasteiger partial charge in [0.05, 0.1) is 23.1 Å². The predicted molar refractivity (Wildman–Crippen MR) is 108 cm³/mol. The van der Waals surface area contributed by atoms with E-state index in [0.717, 1.165) is 18.7 Å². The normalized spacial score (nSPS) is 15.0. The van der Waals surface area contributed by atoms with Crippen molar-refractivity contribution in [1.29, 1.82) is 0 Å². The van der Waals surface area contributed by atoms with Gasteiger partial charge in [0.25, 0.3) is 5.56 Å². The number of amides is 1. The lowest BCUT2D eigenvalue weighted by molar-refractivity contribution is -0.116. The molecule has 0 bridgehead atoms. The molecule has 3 aromatic rings. The highest BCUT2D eigenvalue weighted by Gasteiger charge is 2.19. The van der Waals surface area contributed by atoms with Crippen molar-refractivity contribution >= 4 is 22.6 Å². The van der Waals surface area contributed by atoms with E-state index < -0.39 is 0 Å². The number of nitrogens with one attached hydrogen (secondary N) is 2. The number of carbonyl (C=O) groups is 1. The number of fused-ring (bicyclic) bond motifs is 1. The van der Waals surface area contributed by atoms with Gasteiger partial charge in [-0.25, -0.2) is 9.67 Å². The van der Waals surface area contributed by atoms with Crippen LogP contribution >= 0.6 is 0 Å². The molecule has 7 heteroatoms. The first kappa shape index (κ1) is 18.4. The first-order valence-corrected chi connectivity index (χ1v) is 10.0. The Bertz CT molecular complexity index is 1020. The Balaban J connectivity index is 1.33. The fraction of sp³-hybridized carbons (Fsp3) is 0.429. The average molecular weight is 379 g/mol. The van der Waals surface area contributed by atoms with Gasteiger partial charge < -0.3 is 10.3 Å². The van der Waals surface area contributed by atoms with Crippen LogP contribution in [0.1, 0.15) is 56.8 Å². The Morgan fingerprint density at radius 3 is 2.86 bits per heavy atom. The molecule has 2 N–H and O–H groups in total. The van der Waals surface area contributed by atoms with Crippen LogP contribution in [0.25, 0.3) is 10.9 Å². The Morgan fingerprint density at radius 1 is 1.18 bits per heavy atom. The van der Waals surface area contributed by atoms with Gasteiger partial charge in [0.2, 0.25) is 5.91 Å². The number of rotatable bonds is 6. The molecule has 1 saturated carbocycles. The molecule has 0 aliphatic heterocycles. The van der Waals surface area contributed by atoms with Crippen LogP contribution in [0.3, 0.4) is 0 Å². The second kappa shape index (κ2) is 8.37. The van der Waals surface area contributed by atoms with E-state index in [1.807, 2.05) is 28.9 Å². The van der Waals surface area contributed by atoms with Gasteiger partial charge in [-0.2, -0.15) is 5.10 Å². The van der Waals surface area contributed by atoms with Gasteiger partial charge in [-0.05, 0) is 31.4 Å². The Labute approximate surface area is 163 Å². The number of para-hydroxylation sites is 1. The zero-order valence-corrected chi connectivity index (χ0v) is 15.9. The molecule has 1 aromatic carbocycles. The van der Waals surface area contributed by atoms with Gasteiger partial charge >= 0.3 is 0 Å². The summed E-state index contributed by atoms with van der Waals surface area (Å²) < 4.78 is 1.96. The summed E-state index contributed by atoms with van der Waals surface area (Å²) in [5.74, 6) is 1.35. The number of hydrogen-bond acceptors (Lipinski definition) is 4. The monoisotopic (exact) mass is 379 g/mol. The quantitative estimate of drug-likeness (QED) is 0.684. The van der Waals surface area contributed by atoms with E-state index in [1.54, 1.807) is 12.3 Å². The number of aromatic amines is 1. The van der Waals surface area contributed by atoms with Crippen molar-refractivity contribution in [2.75, 3.05) is 5.32 Å². The van der Waals surface area contributed by atoms with Crippen LogP contribution in [-0.2, 0) is 11.2 Å². The third-order valence-corrected chi connectivity index (χ3v) is 5.34. The smallest absolute Gasteiger partial charge is 0.258 e. The van der Waals surface area contributed by atoms with Crippen LogP contribution in [0.2, 0.25) is 0 Å². The molecule has 146 valence electrons. The summed E-state index contributed by atoms with van der Waals surface area (Å²) in [4.78, 5) is 31.8. The highest BCUT2D eigenvalue weighted by molar-refractivity contribution is 5.89. The van der Waals surface area contributed by atoms with Crippen LogP contribution < -0.4 is 10.9 Å². The van der Waals surface area contributed by atoms with E-state index in [4.69, 9.17) is 0 Å². The molecular formula is C21H25N5O2. The molecule has 0 spiro atoms. The molecule has 4 rings (SSSR count). The lowest BCUT2D eigenvalue weighted by Gasteiger charge is -2.23. The van der Waals surface area contributed by atoms with E-state index in [2.05, 4.69) is 20.4 Å². The lowest BCUT2D eigenvalue weighted by atomic mass is 9.96. The van der Waals surface area contributed by atoms with Crippen LogP contribution in [-0.4, -0.2) is 25.7 Å². The van der Waals surface area contributed by atoms with Crippen LogP contribution in [0.5, 0.6) is 0 Å². The third-order valence-electron chi connectivity index (χ3n) is 5.34. The standard InChI is InChI=1S/C21H25N5O2/c27-20(25-19-13-14-22-26(19)15-7-2-1-3-8-15)12-6-11-18-23-17-10-5-4-9-16(17)21(28)24-18/h4-5,9-10,13-15H,1-3,6-8,11-12H2,(H,25,27)(H,23,24,28). The topological polar surface area (TPSA) is 92.7 Å². The van der Waals surface area contributed by atoms with Crippen LogP contribution in [0, 0.1) is 0 Å². The minimum atomic E-state index is -0.138. The first-order chi connectivity index (χ1) is 13.7. The SMILES string of the molecule is O=C(CCCc1nc2ccccc2c(=O)[nH]1)Nc1ccnn1C1CCCCC1. The number of carbonyl (C=O) groups excluding carboxylic acids is 1. The van der Waals surface area contributed by atoms with Crippen molar-refractivity contribution in [3.05, 3.63) is 52.7 Å². The maximum atomic E-state index is 12.4. The Hall–Kier alpha value is -2.96. The number of aromatic nitrogens is 4. The van der Waals surface area contributed by atoms with E-state index >= 15 is 0 Å². The molecule has 1 aliphatic rings. The molecular weight excluding hydrogens is 354 g/mol. The molecule has 0 saturated heterocycles. The van der Waals surface area contributed by atoms with Gasteiger partial charge in [-0.1, -0.05) is 31.4 Å². The zero-order chi connectivity index (χ0) is 19.3. The summed E-state index contributed by atoms with van der Waals surface area (Å²) >= 11 is 0. The molecule has 0 unspecified atom stereocenters. The summed E-state index contributed by atoms with van der Waals surface area (Å²) in [6.45, 7) is 0. The number of hydrogen-bond donors (Lipinski definition) is 2. The van der Waals surface area contributed by atoms with Crippen molar-refractivity contribution in [3.8, 4) is 0 Å². The summed E-state index contributed by atoms with van der Waals surface area (Å²) in [5, 5.41) is 7.98. The summed E-state index contributed by atoms with van der Waals surface area (Å²) in [6.07, 6.45) is 9.23. The van der Waals surface area contributed by atoms with E-state index in [1.165, 1.54) is 19.3 Å². The predicted octanol–water partition coefficient (Wildman–Crippen LogP) is 3.59. The van der Waals surface area contributed by atoms with Crippen molar-refractivity contribution < 1.29 is 4.79 Å². The molecule has 1 amide bonds. The highest BCUT2D eigenvalue weighted by atomic mass is 16.1. The van der Waals surface area contributed by atoms with Gasteiger partial charge in [0.1, 0.15) is 11.6 Å². The van der Waals surface area contributed by atoms with E-state index in [9.17, 15) is 9.59 Å². The first-order valence-electron chi connectivity index (χ1n) is 10.0. The van der Waals surface area contributed by atoms with Crippen molar-refractivity contribution in [1.82, 2.24) is 19.7 Å². The Kier molecular flexibility index (Phi) is 5.50. The number of benzene rings is 1. The summed E-state index contributed by atoms with van der Waals surface area (Å²) in [7, 11) is 0. The van der Waals surface area contributed by atoms with Crippen molar-refractivity contribution in [3.63, 3.8) is 0 Å². The van der Waals surface area contributed by atoms with E-state index in [0.29, 0.717) is 42.0 Å². The van der Waals surface area contributed by atoms with Gasteiger partial charge in [-0.15, -0.1) is 0 Å². The van der Waals surface area contributed by atoms with Crippen LogP contribution in [0.15, 0.2) is 41.3 Å². The van der Waals surface area contributed by atoms with Crippen molar-refractivity contribution in [2.24, 2.45) is 0 Å². The molecule has 1 fully saturated rings. The van der Waals surface area contributed by atoms with Crippen molar-refractivity contribution in [2.45, 2.75) is 57.4 Å². The second-order valence-corrected chi connectivity index (χ2v) is 7.38. The number of nitrogens with zero attached hydrogens (tertiary/aromatic N) is 3. The van der Waals surface area contributed by atoms with E-state index in [-0.39, 0.29) is 11.5 Å². The third kappa shape index (κ3) is 4.13. The summed E-state index contributed by atoms with van der Waals surface area (Å²) in [6, 6.07) is 9.50. The molecule has 0 atom stereocenters. The number of anilines is 1. The molecule has 7 nitrogen and oxygen atoms in total. The van der Waals surface area contributed by atoms with Gasteiger partial charge in [0.15, 0.2) is 0 Å². The number of H-pyrrole nitrogens is 1. The zero-order valence-electron chi connectivity index (χ0n) is 15.9. The molecule has 2 heterocycles. The molecule has 1 aliphatic carbocycles. The van der Waals surface area contributed by atoms with Gasteiger partial charge in [0, 0.05) is 18.9 Å². The summed E-state index contributed by atoms with van der Waals surface area (Å²) in [5.41, 5.74) is 0.545. The molecule has 28 heavy (non-hydrogen) atoms. The minimum absolute atomic E-state index is 0.0410. The average Bonchev–Trinajstić information content (AvgIpc) is 3.17. The second-order valence-electron chi connectivity index (χ2n) is 7.38. The largest absolute Gasteiger partial charge is 0.311 e. The van der Waals surface area contributed by atoms with Gasteiger partial charge in [-0.3, -0.25) is 9.59 Å². The minimum Gasteiger partial charge on any atom is -0.311 e. The van der Waals surface area contributed by atoms with Crippen LogP contribution in [0.4, 0.5) is 5.82 Å². The fourth-order valence-corrected chi connectivity index (χ4v) is 3.90.